The highest BCUT2D eigenvalue weighted by molar-refractivity contribution is 5.75. The van der Waals surface area contributed by atoms with Gasteiger partial charge < -0.3 is 15.0 Å². The molecule has 2 rings (SSSR count). The van der Waals surface area contributed by atoms with Crippen molar-refractivity contribution >= 4 is 6.03 Å². The van der Waals surface area contributed by atoms with Gasteiger partial charge in [-0.3, -0.25) is 0 Å². The third kappa shape index (κ3) is 4.23. The summed E-state index contributed by atoms with van der Waals surface area (Å²) in [4.78, 5) is 14.3. The third-order valence-electron chi connectivity index (χ3n) is 4.52. The van der Waals surface area contributed by atoms with Crippen LogP contribution in [0.4, 0.5) is 4.79 Å². The fraction of sp³-hybridized carbons (Fsp3) is 0.611. The Hall–Kier alpha value is -1.55. The maximum absolute atomic E-state index is 12.3. The van der Waals surface area contributed by atoms with Crippen LogP contribution in [0, 0.1) is 6.92 Å². The van der Waals surface area contributed by atoms with Crippen molar-refractivity contribution in [2.45, 2.75) is 45.1 Å². The number of methoxy groups -OCH3 is 1. The van der Waals surface area contributed by atoms with Gasteiger partial charge in [-0.05, 0) is 44.2 Å². The molecule has 4 nitrogen and oxygen atoms in total. The number of carbonyl (C=O) groups excluding carboxylic acids is 1. The van der Waals surface area contributed by atoms with Crippen LogP contribution in [0.3, 0.4) is 0 Å². The second-order valence-electron chi connectivity index (χ2n) is 6.22. The Labute approximate surface area is 133 Å². The van der Waals surface area contributed by atoms with Crippen LogP contribution in [0.1, 0.15) is 43.2 Å². The second kappa shape index (κ2) is 8.18. The molecule has 0 saturated carbocycles. The Kier molecular flexibility index (Phi) is 6.25. The van der Waals surface area contributed by atoms with Gasteiger partial charge in [-0.1, -0.05) is 24.3 Å². The lowest BCUT2D eigenvalue weighted by atomic mass is 9.93. The summed E-state index contributed by atoms with van der Waals surface area (Å²) in [7, 11) is 1.70. The van der Waals surface area contributed by atoms with Crippen molar-refractivity contribution < 1.29 is 9.53 Å². The first-order chi connectivity index (χ1) is 10.6. The van der Waals surface area contributed by atoms with Crippen molar-refractivity contribution in [1.29, 1.82) is 0 Å². The number of amides is 2. The maximum Gasteiger partial charge on any atom is 0.317 e. The van der Waals surface area contributed by atoms with Crippen LogP contribution in [-0.2, 0) is 4.74 Å². The van der Waals surface area contributed by atoms with E-state index >= 15 is 0 Å². The van der Waals surface area contributed by atoms with E-state index in [1.54, 1.807) is 7.11 Å². The molecule has 22 heavy (non-hydrogen) atoms. The summed E-state index contributed by atoms with van der Waals surface area (Å²) in [6, 6.07) is 8.87. The zero-order valence-electron chi connectivity index (χ0n) is 14.0. The van der Waals surface area contributed by atoms with Crippen molar-refractivity contribution in [3.8, 4) is 0 Å². The molecular formula is C18H28N2O2. The van der Waals surface area contributed by atoms with Gasteiger partial charge >= 0.3 is 6.03 Å². The number of carbonyl (C=O) groups is 1. The average Bonchev–Trinajstić information content (AvgIpc) is 2.89. The molecule has 122 valence electrons. The molecule has 0 bridgehead atoms. The van der Waals surface area contributed by atoms with Gasteiger partial charge in [0, 0.05) is 38.8 Å². The molecule has 1 saturated heterocycles. The molecule has 1 N–H and O–H groups in total. The average molecular weight is 304 g/mol. The van der Waals surface area contributed by atoms with E-state index in [9.17, 15) is 4.79 Å². The zero-order chi connectivity index (χ0) is 15.9. The van der Waals surface area contributed by atoms with E-state index in [0.29, 0.717) is 12.0 Å². The van der Waals surface area contributed by atoms with Crippen molar-refractivity contribution in [3.05, 3.63) is 35.4 Å². The third-order valence-corrected chi connectivity index (χ3v) is 4.52. The van der Waals surface area contributed by atoms with Crippen LogP contribution in [0.2, 0.25) is 0 Å². The first-order valence-corrected chi connectivity index (χ1v) is 8.22. The van der Waals surface area contributed by atoms with E-state index in [0.717, 1.165) is 39.0 Å². The molecule has 1 fully saturated rings. The minimum atomic E-state index is 0.0704. The molecule has 0 aliphatic carbocycles. The highest BCUT2D eigenvalue weighted by Gasteiger charge is 2.33. The molecular weight excluding hydrogens is 276 g/mol. The van der Waals surface area contributed by atoms with Crippen molar-refractivity contribution in [2.75, 3.05) is 26.8 Å². The summed E-state index contributed by atoms with van der Waals surface area (Å²) in [5.74, 6) is 0.454. The number of urea groups is 1. The van der Waals surface area contributed by atoms with Crippen molar-refractivity contribution in [1.82, 2.24) is 10.2 Å². The maximum atomic E-state index is 12.3. The molecule has 0 radical (unpaired) electrons. The number of unbranched alkanes of at least 4 members (excludes halogenated alkanes) is 1. The topological polar surface area (TPSA) is 41.6 Å². The predicted octanol–water partition coefficient (Wildman–Crippen LogP) is 3.31. The van der Waals surface area contributed by atoms with Gasteiger partial charge in [0.05, 0.1) is 0 Å². The summed E-state index contributed by atoms with van der Waals surface area (Å²) in [5.41, 5.74) is 2.70. The first kappa shape index (κ1) is 16.8. The number of likely N-dealkylation sites (tertiary alicyclic amines) is 1. The number of aryl methyl sites for hydroxylation is 1. The Bertz CT molecular complexity index is 490. The van der Waals surface area contributed by atoms with Gasteiger partial charge in [-0.15, -0.1) is 0 Å². The number of nitrogens with one attached hydrogen (secondary N) is 1. The van der Waals surface area contributed by atoms with E-state index in [-0.39, 0.29) is 6.03 Å². The summed E-state index contributed by atoms with van der Waals surface area (Å²) in [5, 5.41) is 3.03. The lowest BCUT2D eigenvalue weighted by Crippen LogP contribution is -2.42. The molecule has 0 spiro atoms. The van der Waals surface area contributed by atoms with E-state index < -0.39 is 0 Å². The number of nitrogens with zero attached hydrogens (tertiary/aromatic N) is 1. The summed E-state index contributed by atoms with van der Waals surface area (Å²) < 4.78 is 5.02. The molecule has 1 aromatic rings. The molecule has 1 aliphatic heterocycles. The van der Waals surface area contributed by atoms with Crippen LogP contribution in [-0.4, -0.2) is 43.8 Å². The fourth-order valence-corrected chi connectivity index (χ4v) is 3.25. The molecule has 1 aliphatic rings. The van der Waals surface area contributed by atoms with Gasteiger partial charge in [0.25, 0.3) is 0 Å². The van der Waals surface area contributed by atoms with E-state index in [2.05, 4.69) is 43.4 Å². The highest BCUT2D eigenvalue weighted by atomic mass is 16.5. The van der Waals surface area contributed by atoms with E-state index in [1.165, 1.54) is 11.1 Å². The van der Waals surface area contributed by atoms with Crippen LogP contribution in [0.15, 0.2) is 24.3 Å². The molecule has 1 heterocycles. The number of rotatable bonds is 6. The molecule has 0 unspecified atom stereocenters. The summed E-state index contributed by atoms with van der Waals surface area (Å²) in [6.45, 7) is 6.59. The smallest absolute Gasteiger partial charge is 0.317 e. The minimum Gasteiger partial charge on any atom is -0.385 e. The van der Waals surface area contributed by atoms with Gasteiger partial charge in [0.2, 0.25) is 0 Å². The van der Waals surface area contributed by atoms with Crippen LogP contribution >= 0.6 is 0 Å². The molecule has 0 aromatic heterocycles. The van der Waals surface area contributed by atoms with Crippen LogP contribution < -0.4 is 5.32 Å². The lowest BCUT2D eigenvalue weighted by Gasteiger charge is -2.22. The Balaban J connectivity index is 1.85. The Morgan fingerprint density at radius 3 is 2.86 bits per heavy atom. The Morgan fingerprint density at radius 1 is 1.36 bits per heavy atom. The minimum absolute atomic E-state index is 0.0704. The van der Waals surface area contributed by atoms with E-state index in [4.69, 9.17) is 4.74 Å². The second-order valence-corrected chi connectivity index (χ2v) is 6.22. The van der Waals surface area contributed by atoms with Gasteiger partial charge in [0.15, 0.2) is 0 Å². The predicted molar refractivity (Wildman–Crippen MR) is 89.2 cm³/mol. The van der Waals surface area contributed by atoms with E-state index in [1.807, 2.05) is 4.90 Å². The fourth-order valence-electron chi connectivity index (χ4n) is 3.25. The van der Waals surface area contributed by atoms with Crippen LogP contribution in [0.5, 0.6) is 0 Å². The summed E-state index contributed by atoms with van der Waals surface area (Å²) >= 11 is 0. The van der Waals surface area contributed by atoms with Crippen molar-refractivity contribution in [3.63, 3.8) is 0 Å². The Morgan fingerprint density at radius 2 is 2.14 bits per heavy atom. The largest absolute Gasteiger partial charge is 0.385 e. The van der Waals surface area contributed by atoms with Gasteiger partial charge in [-0.2, -0.15) is 0 Å². The molecule has 1 aromatic carbocycles. The standard InChI is InChI=1S/C18H28N2O2/c1-14-8-4-5-9-17(14)16-12-15(2)20(13-16)18(21)19-10-6-7-11-22-3/h4-5,8-9,15-16H,6-7,10-13H2,1-3H3,(H,19,21)/t15-,16-/m0/s1. The monoisotopic (exact) mass is 304 g/mol. The number of ether oxygens (including phenoxy) is 1. The molecule has 2 atom stereocenters. The highest BCUT2D eigenvalue weighted by Crippen LogP contribution is 2.33. The number of hydrogen-bond donors (Lipinski definition) is 1. The number of hydrogen-bond acceptors (Lipinski definition) is 2. The quantitative estimate of drug-likeness (QED) is 0.819. The molecule has 2 amide bonds. The zero-order valence-corrected chi connectivity index (χ0v) is 14.0. The van der Waals surface area contributed by atoms with Gasteiger partial charge in [0.1, 0.15) is 0 Å². The van der Waals surface area contributed by atoms with Crippen molar-refractivity contribution in [2.24, 2.45) is 0 Å². The van der Waals surface area contributed by atoms with Crippen LogP contribution in [0.25, 0.3) is 0 Å². The number of benzene rings is 1. The first-order valence-electron chi connectivity index (χ1n) is 8.22. The summed E-state index contributed by atoms with van der Waals surface area (Å²) in [6.07, 6.45) is 2.99. The SMILES string of the molecule is COCCCCNC(=O)N1C[C@@H](c2ccccc2C)C[C@@H]1C. The van der Waals surface area contributed by atoms with Gasteiger partial charge in [-0.25, -0.2) is 4.79 Å². The lowest BCUT2D eigenvalue weighted by molar-refractivity contribution is 0.187. The molecule has 4 heteroatoms. The normalized spacial score (nSPS) is 21.1.